The second-order valence-corrected chi connectivity index (χ2v) is 4.59. The highest BCUT2D eigenvalue weighted by Crippen LogP contribution is 2.14. The zero-order valence-corrected chi connectivity index (χ0v) is 11.1. The molecule has 0 radical (unpaired) electrons. The molecule has 0 N–H and O–H groups in total. The van der Waals surface area contributed by atoms with Gasteiger partial charge in [-0.3, -0.25) is 9.78 Å². The van der Waals surface area contributed by atoms with Crippen molar-refractivity contribution in [1.82, 2.24) is 14.9 Å². The van der Waals surface area contributed by atoms with E-state index < -0.39 is 0 Å². The number of halogens is 1. The lowest BCUT2D eigenvalue weighted by atomic mass is 10.2. The number of nitrogens with zero attached hydrogens (tertiary/aromatic N) is 3. The Bertz CT molecular complexity index is 422. The van der Waals surface area contributed by atoms with Gasteiger partial charge in [-0.05, 0) is 19.8 Å². The summed E-state index contributed by atoms with van der Waals surface area (Å²) in [5, 5.41) is 0.231. The highest BCUT2D eigenvalue weighted by molar-refractivity contribution is 6.29. The lowest BCUT2D eigenvalue weighted by molar-refractivity contribution is 0.0534. The Morgan fingerprint density at radius 1 is 1.61 bits per heavy atom. The standard InChI is InChI=1S/C12H16ClN3O2/c1-2-16(8-9-4-3-5-18-9)12(17)10-6-14-7-11(13)15-10/h6-7,9H,2-5,8H2,1H3. The summed E-state index contributed by atoms with van der Waals surface area (Å²) in [5.74, 6) is -0.150. The fourth-order valence-corrected chi connectivity index (χ4v) is 2.14. The van der Waals surface area contributed by atoms with Crippen LogP contribution in [0.5, 0.6) is 0 Å². The van der Waals surface area contributed by atoms with Crippen molar-refractivity contribution in [3.8, 4) is 0 Å². The molecule has 2 rings (SSSR count). The first-order valence-electron chi connectivity index (χ1n) is 6.09. The largest absolute Gasteiger partial charge is 0.376 e. The molecule has 1 atom stereocenters. The third-order valence-electron chi connectivity index (χ3n) is 2.94. The van der Waals surface area contributed by atoms with Gasteiger partial charge in [0, 0.05) is 19.7 Å². The van der Waals surface area contributed by atoms with Crippen LogP contribution in [-0.2, 0) is 4.74 Å². The molecule has 0 spiro atoms. The van der Waals surface area contributed by atoms with Crippen molar-refractivity contribution in [1.29, 1.82) is 0 Å². The van der Waals surface area contributed by atoms with Crippen LogP contribution in [0.25, 0.3) is 0 Å². The summed E-state index contributed by atoms with van der Waals surface area (Å²) >= 11 is 5.74. The SMILES string of the molecule is CCN(CC1CCCO1)C(=O)c1cncc(Cl)n1. The molecule has 1 amide bonds. The van der Waals surface area contributed by atoms with Crippen molar-refractivity contribution in [3.63, 3.8) is 0 Å². The maximum atomic E-state index is 12.2. The average molecular weight is 270 g/mol. The van der Waals surface area contributed by atoms with Gasteiger partial charge in [-0.25, -0.2) is 4.98 Å². The Balaban J connectivity index is 2.04. The van der Waals surface area contributed by atoms with E-state index in [0.717, 1.165) is 19.4 Å². The number of amides is 1. The quantitative estimate of drug-likeness (QED) is 0.836. The minimum atomic E-state index is -0.150. The molecule has 1 aromatic rings. The van der Waals surface area contributed by atoms with Gasteiger partial charge >= 0.3 is 0 Å². The van der Waals surface area contributed by atoms with Crippen LogP contribution in [0.2, 0.25) is 5.15 Å². The predicted molar refractivity (Wildman–Crippen MR) is 67.6 cm³/mol. The van der Waals surface area contributed by atoms with E-state index >= 15 is 0 Å². The Kier molecular flexibility index (Phi) is 4.49. The lowest BCUT2D eigenvalue weighted by Gasteiger charge is -2.23. The summed E-state index contributed by atoms with van der Waals surface area (Å²) in [7, 11) is 0. The van der Waals surface area contributed by atoms with Crippen LogP contribution in [-0.4, -0.2) is 46.6 Å². The second kappa shape index (κ2) is 6.11. The molecule has 1 aromatic heterocycles. The molecular formula is C12H16ClN3O2. The molecule has 0 saturated carbocycles. The molecule has 1 aliphatic rings. The maximum absolute atomic E-state index is 12.2. The van der Waals surface area contributed by atoms with Gasteiger partial charge in [0.05, 0.1) is 18.5 Å². The van der Waals surface area contributed by atoms with Gasteiger partial charge < -0.3 is 9.64 Å². The Morgan fingerprint density at radius 3 is 3.06 bits per heavy atom. The number of aromatic nitrogens is 2. The Morgan fingerprint density at radius 2 is 2.44 bits per heavy atom. The minimum absolute atomic E-state index is 0.140. The predicted octanol–water partition coefficient (Wildman–Crippen LogP) is 1.77. The fraction of sp³-hybridized carbons (Fsp3) is 0.583. The first-order valence-corrected chi connectivity index (χ1v) is 6.47. The van der Waals surface area contributed by atoms with Gasteiger partial charge in [0.25, 0.3) is 5.91 Å². The number of likely N-dealkylation sites (N-methyl/N-ethyl adjacent to an activating group) is 1. The Hall–Kier alpha value is -1.20. The second-order valence-electron chi connectivity index (χ2n) is 4.21. The van der Waals surface area contributed by atoms with Crippen molar-refractivity contribution in [2.24, 2.45) is 0 Å². The minimum Gasteiger partial charge on any atom is -0.376 e. The van der Waals surface area contributed by atoms with Crippen molar-refractivity contribution in [3.05, 3.63) is 23.2 Å². The molecule has 0 aromatic carbocycles. The van der Waals surface area contributed by atoms with E-state index in [9.17, 15) is 4.79 Å². The van der Waals surface area contributed by atoms with Crippen LogP contribution >= 0.6 is 11.6 Å². The molecule has 0 aliphatic carbocycles. The van der Waals surface area contributed by atoms with Crippen molar-refractivity contribution < 1.29 is 9.53 Å². The molecule has 1 saturated heterocycles. The van der Waals surface area contributed by atoms with E-state index in [2.05, 4.69) is 9.97 Å². The van der Waals surface area contributed by atoms with Crippen molar-refractivity contribution in [2.75, 3.05) is 19.7 Å². The zero-order valence-electron chi connectivity index (χ0n) is 10.3. The highest BCUT2D eigenvalue weighted by Gasteiger charge is 2.23. The molecule has 98 valence electrons. The van der Waals surface area contributed by atoms with Gasteiger partial charge in [-0.2, -0.15) is 0 Å². The summed E-state index contributed by atoms with van der Waals surface area (Å²) in [6.07, 6.45) is 5.06. The smallest absolute Gasteiger partial charge is 0.274 e. The molecule has 0 bridgehead atoms. The summed E-state index contributed by atoms with van der Waals surface area (Å²) in [6.45, 7) is 3.94. The van der Waals surface area contributed by atoms with E-state index in [0.29, 0.717) is 13.1 Å². The molecule has 6 heteroatoms. The van der Waals surface area contributed by atoms with Gasteiger partial charge in [-0.1, -0.05) is 11.6 Å². The number of carbonyl (C=O) groups excluding carboxylic acids is 1. The monoisotopic (exact) mass is 269 g/mol. The summed E-state index contributed by atoms with van der Waals surface area (Å²) in [5.41, 5.74) is 0.280. The van der Waals surface area contributed by atoms with E-state index in [1.165, 1.54) is 12.4 Å². The van der Waals surface area contributed by atoms with Crippen LogP contribution < -0.4 is 0 Å². The number of hydrogen-bond acceptors (Lipinski definition) is 4. The lowest BCUT2D eigenvalue weighted by Crippen LogP contribution is -2.37. The third kappa shape index (κ3) is 3.17. The number of hydrogen-bond donors (Lipinski definition) is 0. The van der Waals surface area contributed by atoms with Crippen LogP contribution in [0.4, 0.5) is 0 Å². The molecule has 1 unspecified atom stereocenters. The molecule has 18 heavy (non-hydrogen) atoms. The summed E-state index contributed by atoms with van der Waals surface area (Å²) in [4.78, 5) is 21.8. The van der Waals surface area contributed by atoms with E-state index in [1.54, 1.807) is 4.90 Å². The van der Waals surface area contributed by atoms with Gasteiger partial charge in [-0.15, -0.1) is 0 Å². The Labute approximate surface area is 111 Å². The first kappa shape index (κ1) is 13.2. The summed E-state index contributed by atoms with van der Waals surface area (Å²) < 4.78 is 5.54. The summed E-state index contributed by atoms with van der Waals surface area (Å²) in [6, 6.07) is 0. The van der Waals surface area contributed by atoms with Crippen LogP contribution in [0, 0.1) is 0 Å². The fourth-order valence-electron chi connectivity index (χ4n) is 2.00. The molecule has 5 nitrogen and oxygen atoms in total. The normalized spacial score (nSPS) is 18.9. The van der Waals surface area contributed by atoms with Gasteiger partial charge in [0.15, 0.2) is 0 Å². The zero-order chi connectivity index (χ0) is 13.0. The first-order chi connectivity index (χ1) is 8.70. The van der Waals surface area contributed by atoms with Crippen molar-refractivity contribution in [2.45, 2.75) is 25.9 Å². The molecular weight excluding hydrogens is 254 g/mol. The van der Waals surface area contributed by atoms with Crippen LogP contribution in [0.1, 0.15) is 30.3 Å². The topological polar surface area (TPSA) is 55.3 Å². The van der Waals surface area contributed by atoms with Crippen LogP contribution in [0.3, 0.4) is 0 Å². The van der Waals surface area contributed by atoms with Crippen LogP contribution in [0.15, 0.2) is 12.4 Å². The molecule has 1 aliphatic heterocycles. The molecule has 2 heterocycles. The number of carbonyl (C=O) groups is 1. The molecule has 1 fully saturated rings. The highest BCUT2D eigenvalue weighted by atomic mass is 35.5. The number of rotatable bonds is 4. The van der Waals surface area contributed by atoms with Gasteiger partial charge in [0.2, 0.25) is 0 Å². The maximum Gasteiger partial charge on any atom is 0.274 e. The number of ether oxygens (including phenoxy) is 1. The third-order valence-corrected chi connectivity index (χ3v) is 3.12. The van der Waals surface area contributed by atoms with E-state index in [-0.39, 0.29) is 22.9 Å². The average Bonchev–Trinajstić information content (AvgIpc) is 2.88. The van der Waals surface area contributed by atoms with E-state index in [4.69, 9.17) is 16.3 Å². The van der Waals surface area contributed by atoms with E-state index in [1.807, 2.05) is 6.92 Å². The van der Waals surface area contributed by atoms with Crippen molar-refractivity contribution >= 4 is 17.5 Å². The van der Waals surface area contributed by atoms with Gasteiger partial charge in [0.1, 0.15) is 10.8 Å².